The van der Waals surface area contributed by atoms with Gasteiger partial charge in [-0.25, -0.2) is 5.01 Å². The predicted octanol–water partition coefficient (Wildman–Crippen LogP) is 2.41. The van der Waals surface area contributed by atoms with Crippen molar-refractivity contribution in [2.45, 2.75) is 6.18 Å². The van der Waals surface area contributed by atoms with Crippen LogP contribution in [0.4, 0.5) is 30.2 Å². The number of hydrogen-bond donors (Lipinski definition) is 1. The average Bonchev–Trinajstić information content (AvgIpc) is 2.25. The zero-order valence-electron chi connectivity index (χ0n) is 10.3. The van der Waals surface area contributed by atoms with Gasteiger partial charge in [-0.05, 0) is 0 Å². The zero-order chi connectivity index (χ0) is 15.7. The molecule has 8 nitrogen and oxygen atoms in total. The van der Waals surface area contributed by atoms with E-state index in [2.05, 4.69) is 5.43 Å². The van der Waals surface area contributed by atoms with Gasteiger partial charge in [0, 0.05) is 26.2 Å². The highest BCUT2D eigenvalue weighted by Gasteiger charge is 2.37. The van der Waals surface area contributed by atoms with Crippen LogP contribution in [-0.2, 0) is 6.18 Å². The number of hydrogen-bond acceptors (Lipinski definition) is 6. The van der Waals surface area contributed by atoms with E-state index in [-0.39, 0.29) is 12.1 Å². The summed E-state index contributed by atoms with van der Waals surface area (Å²) < 4.78 is 37.8. The molecule has 0 radical (unpaired) electrons. The van der Waals surface area contributed by atoms with Crippen molar-refractivity contribution < 1.29 is 23.0 Å². The molecule has 0 spiro atoms. The summed E-state index contributed by atoms with van der Waals surface area (Å²) in [7, 11) is 2.76. The Morgan fingerprint density at radius 1 is 1.10 bits per heavy atom. The van der Waals surface area contributed by atoms with Crippen LogP contribution < -0.4 is 5.43 Å². The standard InChI is InChI=1S/C9H9F3N4O4/c1-14(2)13-8-6(15(17)18)3-5(9(10,11)12)4-7(8)16(19)20/h3-4,13H,1-2H3. The molecular formula is C9H9F3N4O4. The van der Waals surface area contributed by atoms with Gasteiger partial charge in [0.25, 0.3) is 0 Å². The Bertz CT molecular complexity index is 524. The molecule has 0 bridgehead atoms. The van der Waals surface area contributed by atoms with Gasteiger partial charge in [-0.3, -0.25) is 20.2 Å². The second kappa shape index (κ2) is 5.28. The minimum absolute atomic E-state index is 0.249. The Labute approximate surface area is 110 Å². The van der Waals surface area contributed by atoms with Crippen LogP contribution >= 0.6 is 0 Å². The molecule has 0 saturated heterocycles. The molecule has 0 atom stereocenters. The Balaban J connectivity index is 3.63. The lowest BCUT2D eigenvalue weighted by Crippen LogP contribution is -2.21. The summed E-state index contributed by atoms with van der Waals surface area (Å²) in [5, 5.41) is 22.8. The molecule has 1 rings (SSSR count). The van der Waals surface area contributed by atoms with Crippen LogP contribution in [-0.4, -0.2) is 29.0 Å². The lowest BCUT2D eigenvalue weighted by Gasteiger charge is -2.15. The van der Waals surface area contributed by atoms with Crippen molar-refractivity contribution in [2.24, 2.45) is 0 Å². The lowest BCUT2D eigenvalue weighted by molar-refractivity contribution is -0.392. The average molecular weight is 294 g/mol. The molecule has 0 fully saturated rings. The maximum atomic E-state index is 12.6. The highest BCUT2D eigenvalue weighted by molar-refractivity contribution is 5.74. The van der Waals surface area contributed by atoms with Crippen LogP contribution in [0.2, 0.25) is 0 Å². The first-order chi connectivity index (χ1) is 9.04. The molecule has 0 amide bonds. The van der Waals surface area contributed by atoms with E-state index in [1.54, 1.807) is 0 Å². The number of nitrogens with zero attached hydrogens (tertiary/aromatic N) is 3. The van der Waals surface area contributed by atoms with E-state index in [4.69, 9.17) is 0 Å². The molecule has 0 aliphatic heterocycles. The van der Waals surface area contributed by atoms with Crippen LogP contribution in [0, 0.1) is 20.2 Å². The number of benzene rings is 1. The molecule has 1 aromatic carbocycles. The van der Waals surface area contributed by atoms with E-state index in [0.717, 1.165) is 5.01 Å². The Kier molecular flexibility index (Phi) is 4.13. The molecule has 1 N–H and O–H groups in total. The van der Waals surface area contributed by atoms with E-state index >= 15 is 0 Å². The van der Waals surface area contributed by atoms with Crippen molar-refractivity contribution in [1.29, 1.82) is 0 Å². The number of nitro benzene ring substituents is 2. The van der Waals surface area contributed by atoms with E-state index in [1.807, 2.05) is 0 Å². The molecule has 11 heteroatoms. The van der Waals surface area contributed by atoms with Crippen molar-refractivity contribution in [3.8, 4) is 0 Å². The van der Waals surface area contributed by atoms with E-state index in [1.165, 1.54) is 14.1 Å². The van der Waals surface area contributed by atoms with E-state index in [9.17, 15) is 33.4 Å². The van der Waals surface area contributed by atoms with Gasteiger partial charge in [-0.2, -0.15) is 13.2 Å². The maximum absolute atomic E-state index is 12.6. The van der Waals surface area contributed by atoms with Crippen LogP contribution in [0.1, 0.15) is 5.56 Å². The highest BCUT2D eigenvalue weighted by atomic mass is 19.4. The van der Waals surface area contributed by atoms with Crippen molar-refractivity contribution in [2.75, 3.05) is 19.5 Å². The van der Waals surface area contributed by atoms with Crippen LogP contribution in [0.25, 0.3) is 0 Å². The first-order valence-corrected chi connectivity index (χ1v) is 5.02. The lowest BCUT2D eigenvalue weighted by atomic mass is 10.1. The highest BCUT2D eigenvalue weighted by Crippen LogP contribution is 2.41. The summed E-state index contributed by atoms with van der Waals surface area (Å²) in [5.41, 5.74) is -1.86. The van der Waals surface area contributed by atoms with Crippen molar-refractivity contribution >= 4 is 17.1 Å². The first kappa shape index (κ1) is 15.6. The molecule has 0 heterocycles. The fourth-order valence-corrected chi connectivity index (χ4v) is 1.40. The SMILES string of the molecule is CN(C)Nc1c([N+](=O)[O-])cc(C(F)(F)F)cc1[N+](=O)[O-]. The number of halogens is 3. The number of nitro groups is 2. The fraction of sp³-hybridized carbons (Fsp3) is 0.333. The summed E-state index contributed by atoms with van der Waals surface area (Å²) in [6.45, 7) is 0. The zero-order valence-corrected chi connectivity index (χ0v) is 10.3. The molecule has 0 saturated carbocycles. The Morgan fingerprint density at radius 3 is 1.75 bits per heavy atom. The number of alkyl halides is 3. The summed E-state index contributed by atoms with van der Waals surface area (Å²) >= 11 is 0. The Hall–Kier alpha value is -2.43. The second-order valence-electron chi connectivity index (χ2n) is 3.91. The van der Waals surface area contributed by atoms with Gasteiger partial charge < -0.3 is 5.43 Å². The molecule has 0 aliphatic rings. The monoisotopic (exact) mass is 294 g/mol. The van der Waals surface area contributed by atoms with Gasteiger partial charge in [0.2, 0.25) is 5.69 Å². The topological polar surface area (TPSA) is 102 Å². The van der Waals surface area contributed by atoms with Crippen LogP contribution in [0.3, 0.4) is 0 Å². The third kappa shape index (κ3) is 3.32. The number of anilines is 1. The van der Waals surface area contributed by atoms with Gasteiger partial charge in [0.05, 0.1) is 15.4 Å². The van der Waals surface area contributed by atoms with Crippen molar-refractivity contribution in [3.05, 3.63) is 37.9 Å². The summed E-state index contributed by atoms with van der Waals surface area (Å²) in [5.74, 6) is 0. The molecule has 20 heavy (non-hydrogen) atoms. The quantitative estimate of drug-likeness (QED) is 0.675. The van der Waals surface area contributed by atoms with Gasteiger partial charge >= 0.3 is 17.6 Å². The first-order valence-electron chi connectivity index (χ1n) is 5.02. The number of nitrogens with one attached hydrogen (secondary N) is 1. The van der Waals surface area contributed by atoms with Gasteiger partial charge in [0.15, 0.2) is 0 Å². The number of hydrazine groups is 1. The van der Waals surface area contributed by atoms with Gasteiger partial charge in [-0.1, -0.05) is 0 Å². The minimum Gasteiger partial charge on any atom is -0.308 e. The summed E-state index contributed by atoms with van der Waals surface area (Å²) in [6, 6.07) is 0.498. The summed E-state index contributed by atoms with van der Waals surface area (Å²) in [4.78, 5) is 19.4. The molecular weight excluding hydrogens is 285 g/mol. The summed E-state index contributed by atoms with van der Waals surface area (Å²) in [6.07, 6.45) is -4.92. The molecule has 110 valence electrons. The maximum Gasteiger partial charge on any atom is 0.416 e. The van der Waals surface area contributed by atoms with Gasteiger partial charge in [0.1, 0.15) is 0 Å². The molecule has 1 aromatic rings. The Morgan fingerprint density at radius 2 is 1.50 bits per heavy atom. The second-order valence-corrected chi connectivity index (χ2v) is 3.91. The van der Waals surface area contributed by atoms with Gasteiger partial charge in [-0.15, -0.1) is 0 Å². The smallest absolute Gasteiger partial charge is 0.308 e. The minimum atomic E-state index is -4.92. The third-order valence-corrected chi connectivity index (χ3v) is 2.15. The third-order valence-electron chi connectivity index (χ3n) is 2.15. The van der Waals surface area contributed by atoms with E-state index < -0.39 is 38.6 Å². The van der Waals surface area contributed by atoms with Crippen LogP contribution in [0.15, 0.2) is 12.1 Å². The predicted molar refractivity (Wildman–Crippen MR) is 62.1 cm³/mol. The fourth-order valence-electron chi connectivity index (χ4n) is 1.40. The number of rotatable bonds is 4. The normalized spacial score (nSPS) is 11.5. The van der Waals surface area contributed by atoms with Crippen LogP contribution in [0.5, 0.6) is 0 Å². The molecule has 0 aliphatic carbocycles. The largest absolute Gasteiger partial charge is 0.416 e. The van der Waals surface area contributed by atoms with Crippen molar-refractivity contribution in [1.82, 2.24) is 5.01 Å². The molecule has 0 unspecified atom stereocenters. The van der Waals surface area contributed by atoms with E-state index in [0.29, 0.717) is 0 Å². The van der Waals surface area contributed by atoms with Crippen molar-refractivity contribution in [3.63, 3.8) is 0 Å². The molecule has 0 aromatic heterocycles.